The Labute approximate surface area is 137 Å². The van der Waals surface area contributed by atoms with E-state index in [-0.39, 0.29) is 18.4 Å². The average Bonchev–Trinajstić information content (AvgIpc) is 2.95. The summed E-state index contributed by atoms with van der Waals surface area (Å²) in [7, 11) is -3.32. The van der Waals surface area contributed by atoms with E-state index in [1.165, 1.54) is 10.6 Å². The first-order chi connectivity index (χ1) is 10.9. The molecule has 1 amide bonds. The molecule has 0 bridgehead atoms. The van der Waals surface area contributed by atoms with Crippen molar-refractivity contribution >= 4 is 15.9 Å². The second-order valence-electron chi connectivity index (χ2n) is 6.58. The molecule has 2 aliphatic heterocycles. The number of carbonyl (C=O) groups is 1. The molecule has 1 aliphatic carbocycles. The first-order valence-electron chi connectivity index (χ1n) is 8.00. The Bertz CT molecular complexity index is 583. The number of ether oxygens (including phenoxy) is 2. The van der Waals surface area contributed by atoms with Gasteiger partial charge >= 0.3 is 0 Å². The van der Waals surface area contributed by atoms with Gasteiger partial charge in [-0.25, -0.2) is 8.42 Å². The third-order valence-corrected chi connectivity index (χ3v) is 5.95. The second-order valence-corrected chi connectivity index (χ2v) is 8.56. The fourth-order valence-electron chi connectivity index (χ4n) is 3.45. The van der Waals surface area contributed by atoms with Gasteiger partial charge < -0.3 is 14.4 Å². The van der Waals surface area contributed by atoms with Crippen molar-refractivity contribution in [3.8, 4) is 0 Å². The minimum absolute atomic E-state index is 0.0165. The summed E-state index contributed by atoms with van der Waals surface area (Å²) >= 11 is 0. The van der Waals surface area contributed by atoms with Crippen LogP contribution in [0.1, 0.15) is 12.8 Å². The number of sulfonamides is 1. The van der Waals surface area contributed by atoms with E-state index in [2.05, 4.69) is 0 Å². The molecule has 3 aliphatic rings. The largest absolute Gasteiger partial charge is 0.377 e. The van der Waals surface area contributed by atoms with E-state index in [1.54, 1.807) is 0 Å². The fraction of sp³-hybridized carbons (Fsp3) is 0.800. The van der Waals surface area contributed by atoms with E-state index in [9.17, 15) is 13.2 Å². The normalized spacial score (nSPS) is 30.7. The Kier molecular flexibility index (Phi) is 4.78. The number of hydrogen-bond acceptors (Lipinski definition) is 5. The SMILES string of the molecule is CS(=O)(=O)N1CCOC[C@]2(CN(C(=O)C3CC=CC3)CCO2)C1. The molecule has 0 N–H and O–H groups in total. The standard InChI is InChI=1S/C15H24N2O5S/c1-23(19,20)17-7-8-21-12-15(11-17)10-16(6-9-22-15)14(18)13-4-2-3-5-13/h2-3,13H,4-12H2,1H3/t15-/m0/s1. The first-order valence-corrected chi connectivity index (χ1v) is 9.85. The van der Waals surface area contributed by atoms with Crippen molar-refractivity contribution in [3.05, 3.63) is 12.2 Å². The van der Waals surface area contributed by atoms with Crippen LogP contribution in [0, 0.1) is 5.92 Å². The van der Waals surface area contributed by atoms with Crippen LogP contribution in [-0.2, 0) is 24.3 Å². The lowest BCUT2D eigenvalue weighted by Crippen LogP contribution is -2.60. The van der Waals surface area contributed by atoms with Gasteiger partial charge in [0.2, 0.25) is 15.9 Å². The highest BCUT2D eigenvalue weighted by Gasteiger charge is 2.44. The summed E-state index contributed by atoms with van der Waals surface area (Å²) < 4.78 is 36.7. The summed E-state index contributed by atoms with van der Waals surface area (Å²) in [6.07, 6.45) is 6.85. The molecule has 130 valence electrons. The molecular weight excluding hydrogens is 320 g/mol. The quantitative estimate of drug-likeness (QED) is 0.651. The number of morpholine rings is 1. The molecule has 0 saturated carbocycles. The van der Waals surface area contributed by atoms with E-state index in [1.807, 2.05) is 17.1 Å². The van der Waals surface area contributed by atoms with Crippen molar-refractivity contribution in [2.24, 2.45) is 5.92 Å². The van der Waals surface area contributed by atoms with Crippen LogP contribution >= 0.6 is 0 Å². The summed E-state index contributed by atoms with van der Waals surface area (Å²) in [5, 5.41) is 0. The predicted octanol–water partition coefficient (Wildman–Crippen LogP) is -0.158. The lowest BCUT2D eigenvalue weighted by Gasteiger charge is -2.43. The zero-order chi connectivity index (χ0) is 16.5. The first kappa shape index (κ1) is 16.9. The number of carbonyl (C=O) groups excluding carboxylic acids is 1. The molecule has 23 heavy (non-hydrogen) atoms. The molecule has 2 heterocycles. The Morgan fingerprint density at radius 3 is 2.61 bits per heavy atom. The zero-order valence-corrected chi connectivity index (χ0v) is 14.3. The van der Waals surface area contributed by atoms with Gasteiger partial charge in [-0.1, -0.05) is 12.2 Å². The summed E-state index contributed by atoms with van der Waals surface area (Å²) in [6.45, 7) is 2.56. The van der Waals surface area contributed by atoms with Crippen LogP contribution in [0.5, 0.6) is 0 Å². The molecule has 0 aromatic rings. The van der Waals surface area contributed by atoms with E-state index < -0.39 is 15.6 Å². The molecule has 0 aromatic heterocycles. The fourth-order valence-corrected chi connectivity index (χ4v) is 4.32. The zero-order valence-electron chi connectivity index (χ0n) is 13.4. The van der Waals surface area contributed by atoms with Crippen LogP contribution in [0.15, 0.2) is 12.2 Å². The molecule has 8 heteroatoms. The van der Waals surface area contributed by atoms with Crippen molar-refractivity contribution < 1.29 is 22.7 Å². The summed E-state index contributed by atoms with van der Waals surface area (Å²) in [5.41, 5.74) is -0.764. The van der Waals surface area contributed by atoms with Gasteiger partial charge in [-0.3, -0.25) is 4.79 Å². The number of allylic oxidation sites excluding steroid dienone is 2. The van der Waals surface area contributed by atoms with Gasteiger partial charge in [0.15, 0.2) is 0 Å². The lowest BCUT2D eigenvalue weighted by molar-refractivity contribution is -0.162. The minimum atomic E-state index is -3.32. The van der Waals surface area contributed by atoms with Gasteiger partial charge in [0, 0.05) is 25.6 Å². The molecule has 1 atom stereocenters. The molecule has 0 radical (unpaired) electrons. The van der Waals surface area contributed by atoms with Gasteiger partial charge in [-0.2, -0.15) is 4.31 Å². The monoisotopic (exact) mass is 344 g/mol. The number of amides is 1. The molecule has 0 aromatic carbocycles. The molecular formula is C15H24N2O5S. The highest BCUT2D eigenvalue weighted by Crippen LogP contribution is 2.27. The summed E-state index contributed by atoms with van der Waals surface area (Å²) in [6, 6.07) is 0. The van der Waals surface area contributed by atoms with E-state index in [0.29, 0.717) is 39.5 Å². The average molecular weight is 344 g/mol. The molecule has 2 fully saturated rings. The number of nitrogens with zero attached hydrogens (tertiary/aromatic N) is 2. The summed E-state index contributed by atoms with van der Waals surface area (Å²) in [5.74, 6) is 0.149. The Morgan fingerprint density at radius 2 is 1.91 bits per heavy atom. The van der Waals surface area contributed by atoms with Crippen LogP contribution in [0.4, 0.5) is 0 Å². The minimum Gasteiger partial charge on any atom is -0.377 e. The third kappa shape index (κ3) is 3.76. The Morgan fingerprint density at radius 1 is 1.17 bits per heavy atom. The number of rotatable bonds is 2. The number of hydrogen-bond donors (Lipinski definition) is 0. The van der Waals surface area contributed by atoms with Gasteiger partial charge in [0.05, 0.1) is 32.6 Å². The molecule has 1 spiro atoms. The van der Waals surface area contributed by atoms with E-state index in [0.717, 1.165) is 12.8 Å². The topological polar surface area (TPSA) is 76.2 Å². The van der Waals surface area contributed by atoms with Crippen LogP contribution in [-0.4, -0.2) is 81.4 Å². The Balaban J connectivity index is 1.73. The Hall–Kier alpha value is -0.960. The van der Waals surface area contributed by atoms with Crippen molar-refractivity contribution in [1.82, 2.24) is 9.21 Å². The van der Waals surface area contributed by atoms with Crippen molar-refractivity contribution in [3.63, 3.8) is 0 Å². The molecule has 7 nitrogen and oxygen atoms in total. The lowest BCUT2D eigenvalue weighted by atomic mass is 9.99. The van der Waals surface area contributed by atoms with Crippen LogP contribution < -0.4 is 0 Å². The highest BCUT2D eigenvalue weighted by atomic mass is 32.2. The second kappa shape index (κ2) is 6.51. The predicted molar refractivity (Wildman–Crippen MR) is 84.4 cm³/mol. The van der Waals surface area contributed by atoms with E-state index >= 15 is 0 Å². The van der Waals surface area contributed by atoms with Gasteiger partial charge in [-0.15, -0.1) is 0 Å². The maximum atomic E-state index is 12.6. The van der Waals surface area contributed by atoms with Gasteiger partial charge in [0.1, 0.15) is 5.60 Å². The van der Waals surface area contributed by atoms with Gasteiger partial charge in [-0.05, 0) is 12.8 Å². The smallest absolute Gasteiger partial charge is 0.226 e. The van der Waals surface area contributed by atoms with Gasteiger partial charge in [0.25, 0.3) is 0 Å². The molecule has 3 rings (SSSR count). The molecule has 0 unspecified atom stereocenters. The molecule has 2 saturated heterocycles. The third-order valence-electron chi connectivity index (χ3n) is 4.70. The highest BCUT2D eigenvalue weighted by molar-refractivity contribution is 7.88. The van der Waals surface area contributed by atoms with Crippen molar-refractivity contribution in [2.45, 2.75) is 18.4 Å². The van der Waals surface area contributed by atoms with Crippen LogP contribution in [0.2, 0.25) is 0 Å². The van der Waals surface area contributed by atoms with Crippen molar-refractivity contribution in [2.75, 3.05) is 52.3 Å². The summed E-state index contributed by atoms with van der Waals surface area (Å²) in [4.78, 5) is 14.5. The maximum Gasteiger partial charge on any atom is 0.226 e. The van der Waals surface area contributed by atoms with Crippen molar-refractivity contribution in [1.29, 1.82) is 0 Å². The van der Waals surface area contributed by atoms with Crippen LogP contribution in [0.25, 0.3) is 0 Å². The maximum absolute atomic E-state index is 12.6. The van der Waals surface area contributed by atoms with Crippen LogP contribution in [0.3, 0.4) is 0 Å². The van der Waals surface area contributed by atoms with E-state index in [4.69, 9.17) is 9.47 Å².